The van der Waals surface area contributed by atoms with E-state index in [1.54, 1.807) is 16.8 Å². The molecule has 0 saturated carbocycles. The van der Waals surface area contributed by atoms with Gasteiger partial charge in [0.05, 0.1) is 23.6 Å². The highest BCUT2D eigenvalue weighted by atomic mass is 35.5. The molecule has 27 heavy (non-hydrogen) atoms. The van der Waals surface area contributed by atoms with Crippen molar-refractivity contribution in [1.82, 2.24) is 9.78 Å². The van der Waals surface area contributed by atoms with Crippen molar-refractivity contribution < 1.29 is 4.79 Å². The summed E-state index contributed by atoms with van der Waals surface area (Å²) < 4.78 is 1.80. The predicted molar refractivity (Wildman–Crippen MR) is 111 cm³/mol. The highest BCUT2D eigenvalue weighted by Crippen LogP contribution is 2.27. The minimum atomic E-state index is -0.153. The SMILES string of the molecule is Cc1ccc(C(=O)Nc2c(C)nn(Cc3c(Cl)cccc3Cl)c2C)cc1C. The highest BCUT2D eigenvalue weighted by Gasteiger charge is 2.17. The Kier molecular flexibility index (Phi) is 5.59. The van der Waals surface area contributed by atoms with Gasteiger partial charge in [-0.2, -0.15) is 5.10 Å². The summed E-state index contributed by atoms with van der Waals surface area (Å²) in [5, 5.41) is 8.73. The van der Waals surface area contributed by atoms with E-state index in [0.29, 0.717) is 27.8 Å². The van der Waals surface area contributed by atoms with Crippen LogP contribution in [0, 0.1) is 27.7 Å². The molecule has 0 bridgehead atoms. The molecule has 0 fully saturated rings. The van der Waals surface area contributed by atoms with Gasteiger partial charge < -0.3 is 5.32 Å². The molecule has 0 spiro atoms. The van der Waals surface area contributed by atoms with Crippen LogP contribution in [0.1, 0.15) is 38.4 Å². The van der Waals surface area contributed by atoms with Crippen molar-refractivity contribution in [3.63, 3.8) is 0 Å². The van der Waals surface area contributed by atoms with E-state index >= 15 is 0 Å². The Morgan fingerprint density at radius 2 is 1.70 bits per heavy atom. The molecule has 3 aromatic rings. The number of rotatable bonds is 4. The summed E-state index contributed by atoms with van der Waals surface area (Å²) in [5.74, 6) is -0.153. The van der Waals surface area contributed by atoms with Gasteiger partial charge in [-0.25, -0.2) is 0 Å². The van der Waals surface area contributed by atoms with Crippen molar-refractivity contribution in [2.75, 3.05) is 5.32 Å². The fourth-order valence-electron chi connectivity index (χ4n) is 2.93. The number of nitrogens with zero attached hydrogens (tertiary/aromatic N) is 2. The fraction of sp³-hybridized carbons (Fsp3) is 0.238. The topological polar surface area (TPSA) is 46.9 Å². The van der Waals surface area contributed by atoms with Gasteiger partial charge in [0.15, 0.2) is 0 Å². The molecule has 2 aromatic carbocycles. The van der Waals surface area contributed by atoms with Gasteiger partial charge in [-0.3, -0.25) is 9.48 Å². The van der Waals surface area contributed by atoms with E-state index in [2.05, 4.69) is 10.4 Å². The number of hydrogen-bond donors (Lipinski definition) is 1. The van der Waals surface area contributed by atoms with Crippen LogP contribution in [0.2, 0.25) is 10.0 Å². The molecule has 4 nitrogen and oxygen atoms in total. The van der Waals surface area contributed by atoms with Crippen LogP contribution in [0.5, 0.6) is 0 Å². The standard InChI is InChI=1S/C21H21Cl2N3O/c1-12-8-9-16(10-13(12)2)21(27)24-20-14(3)25-26(15(20)4)11-17-18(22)6-5-7-19(17)23/h5-10H,11H2,1-4H3,(H,24,27). The summed E-state index contributed by atoms with van der Waals surface area (Å²) in [6, 6.07) is 11.1. The molecular formula is C21H21Cl2N3O. The summed E-state index contributed by atoms with van der Waals surface area (Å²) in [7, 11) is 0. The van der Waals surface area contributed by atoms with E-state index in [0.717, 1.165) is 28.1 Å². The molecule has 0 unspecified atom stereocenters. The van der Waals surface area contributed by atoms with Crippen molar-refractivity contribution in [3.8, 4) is 0 Å². The fourth-order valence-corrected chi connectivity index (χ4v) is 3.45. The third-order valence-corrected chi connectivity index (χ3v) is 5.47. The average molecular weight is 402 g/mol. The lowest BCUT2D eigenvalue weighted by Gasteiger charge is -2.10. The normalized spacial score (nSPS) is 10.9. The Labute approximate surface area is 169 Å². The maximum atomic E-state index is 12.7. The third-order valence-electron chi connectivity index (χ3n) is 4.76. The molecule has 3 rings (SSSR count). The minimum Gasteiger partial charge on any atom is -0.319 e. The maximum Gasteiger partial charge on any atom is 0.255 e. The number of benzene rings is 2. The number of aromatic nitrogens is 2. The Morgan fingerprint density at radius 3 is 2.33 bits per heavy atom. The van der Waals surface area contributed by atoms with Crippen LogP contribution < -0.4 is 5.32 Å². The number of aryl methyl sites for hydroxylation is 3. The van der Waals surface area contributed by atoms with Crippen molar-refractivity contribution in [1.29, 1.82) is 0 Å². The lowest BCUT2D eigenvalue weighted by Crippen LogP contribution is -2.13. The third kappa shape index (κ3) is 4.02. The Morgan fingerprint density at radius 1 is 1.04 bits per heavy atom. The molecule has 0 radical (unpaired) electrons. The zero-order valence-electron chi connectivity index (χ0n) is 15.7. The zero-order chi connectivity index (χ0) is 19.7. The molecule has 1 aromatic heterocycles. The molecule has 0 atom stereocenters. The Hall–Kier alpha value is -2.30. The quantitative estimate of drug-likeness (QED) is 0.606. The predicted octanol–water partition coefficient (Wildman–Crippen LogP) is 5.72. The molecule has 0 aliphatic rings. The van der Waals surface area contributed by atoms with Gasteiger partial charge in [0.1, 0.15) is 0 Å². The molecule has 0 saturated heterocycles. The van der Waals surface area contributed by atoms with Gasteiger partial charge in [-0.05, 0) is 63.1 Å². The van der Waals surface area contributed by atoms with Gasteiger partial charge in [0.25, 0.3) is 5.91 Å². The van der Waals surface area contributed by atoms with Crippen LogP contribution in [0.15, 0.2) is 36.4 Å². The van der Waals surface area contributed by atoms with E-state index in [9.17, 15) is 4.79 Å². The van der Waals surface area contributed by atoms with Crippen LogP contribution in [-0.4, -0.2) is 15.7 Å². The second-order valence-electron chi connectivity index (χ2n) is 6.66. The number of anilines is 1. The van der Waals surface area contributed by atoms with Crippen molar-refractivity contribution in [2.45, 2.75) is 34.2 Å². The van der Waals surface area contributed by atoms with Gasteiger partial charge in [-0.15, -0.1) is 0 Å². The first-order valence-corrected chi connectivity index (χ1v) is 9.39. The molecule has 0 aliphatic heterocycles. The van der Waals surface area contributed by atoms with Crippen LogP contribution >= 0.6 is 23.2 Å². The van der Waals surface area contributed by atoms with Crippen LogP contribution in [0.3, 0.4) is 0 Å². The Bertz CT molecular complexity index is 1000. The van der Waals surface area contributed by atoms with Gasteiger partial charge in [-0.1, -0.05) is 35.3 Å². The first kappa shape index (κ1) is 19.5. The maximum absolute atomic E-state index is 12.7. The van der Waals surface area contributed by atoms with Gasteiger partial charge in [0, 0.05) is 21.2 Å². The van der Waals surface area contributed by atoms with Gasteiger partial charge >= 0.3 is 0 Å². The van der Waals surface area contributed by atoms with E-state index in [4.69, 9.17) is 23.2 Å². The van der Waals surface area contributed by atoms with E-state index < -0.39 is 0 Å². The van der Waals surface area contributed by atoms with E-state index in [1.807, 2.05) is 52.0 Å². The number of hydrogen-bond acceptors (Lipinski definition) is 2. The van der Waals surface area contributed by atoms with Gasteiger partial charge in [0.2, 0.25) is 0 Å². The number of amides is 1. The number of carbonyl (C=O) groups is 1. The van der Waals surface area contributed by atoms with Crippen LogP contribution in [0.4, 0.5) is 5.69 Å². The second kappa shape index (κ2) is 7.75. The van der Waals surface area contributed by atoms with Crippen molar-refractivity contribution in [3.05, 3.63) is 80.1 Å². The summed E-state index contributed by atoms with van der Waals surface area (Å²) in [5.41, 5.74) is 5.97. The minimum absolute atomic E-state index is 0.153. The number of nitrogens with one attached hydrogen (secondary N) is 1. The summed E-state index contributed by atoms with van der Waals surface area (Å²) >= 11 is 12.5. The van der Waals surface area contributed by atoms with Crippen LogP contribution in [0.25, 0.3) is 0 Å². The first-order chi connectivity index (χ1) is 12.8. The average Bonchev–Trinajstić information content (AvgIpc) is 2.88. The number of halogens is 2. The molecule has 1 amide bonds. The largest absolute Gasteiger partial charge is 0.319 e. The highest BCUT2D eigenvalue weighted by molar-refractivity contribution is 6.36. The molecular weight excluding hydrogens is 381 g/mol. The number of carbonyl (C=O) groups excluding carboxylic acids is 1. The molecule has 140 valence electrons. The summed E-state index contributed by atoms with van der Waals surface area (Å²) in [4.78, 5) is 12.7. The van der Waals surface area contributed by atoms with E-state index in [1.165, 1.54) is 0 Å². The lowest BCUT2D eigenvalue weighted by atomic mass is 10.1. The van der Waals surface area contributed by atoms with Crippen molar-refractivity contribution in [2.24, 2.45) is 0 Å². The lowest BCUT2D eigenvalue weighted by molar-refractivity contribution is 0.102. The molecule has 0 aliphatic carbocycles. The molecule has 6 heteroatoms. The monoisotopic (exact) mass is 401 g/mol. The van der Waals surface area contributed by atoms with Crippen molar-refractivity contribution >= 4 is 34.8 Å². The summed E-state index contributed by atoms with van der Waals surface area (Å²) in [6.45, 7) is 8.24. The Balaban J connectivity index is 1.87. The summed E-state index contributed by atoms with van der Waals surface area (Å²) in [6.07, 6.45) is 0. The zero-order valence-corrected chi connectivity index (χ0v) is 17.2. The second-order valence-corrected chi connectivity index (χ2v) is 7.47. The molecule has 1 heterocycles. The smallest absolute Gasteiger partial charge is 0.255 e. The first-order valence-electron chi connectivity index (χ1n) is 8.63. The van der Waals surface area contributed by atoms with E-state index in [-0.39, 0.29) is 5.91 Å². The molecule has 1 N–H and O–H groups in total. The van der Waals surface area contributed by atoms with Crippen LogP contribution in [-0.2, 0) is 6.54 Å².